The number of benzene rings is 1. The van der Waals surface area contributed by atoms with Gasteiger partial charge >= 0.3 is 0 Å². The van der Waals surface area contributed by atoms with Gasteiger partial charge in [-0.25, -0.2) is 0 Å². The van der Waals surface area contributed by atoms with E-state index in [-0.39, 0.29) is 0 Å². The highest BCUT2D eigenvalue weighted by Gasteiger charge is 2.40. The van der Waals surface area contributed by atoms with Crippen molar-refractivity contribution in [3.8, 4) is 0 Å². The first-order chi connectivity index (χ1) is 7.09. The summed E-state index contributed by atoms with van der Waals surface area (Å²) in [6.07, 6.45) is 1.28. The Morgan fingerprint density at radius 1 is 1.13 bits per heavy atom. The Hall–Kier alpha value is -0.820. The van der Waals surface area contributed by atoms with Crippen LogP contribution in [0.5, 0.6) is 0 Å². The summed E-state index contributed by atoms with van der Waals surface area (Å²) in [7, 11) is 0. The van der Waals surface area contributed by atoms with E-state index in [0.29, 0.717) is 12.0 Å². The Morgan fingerprint density at radius 3 is 2.13 bits per heavy atom. The van der Waals surface area contributed by atoms with E-state index in [1.165, 1.54) is 17.5 Å². The van der Waals surface area contributed by atoms with Crippen molar-refractivity contribution in [2.24, 2.45) is 11.7 Å². The van der Waals surface area contributed by atoms with Crippen molar-refractivity contribution in [3.63, 3.8) is 0 Å². The Kier molecular flexibility index (Phi) is 2.83. The third-order valence-electron chi connectivity index (χ3n) is 3.55. The molecule has 0 spiro atoms. The molecule has 2 N–H and O–H groups in total. The minimum atomic E-state index is 0.347. The summed E-state index contributed by atoms with van der Waals surface area (Å²) < 4.78 is 0. The minimum Gasteiger partial charge on any atom is -0.328 e. The minimum absolute atomic E-state index is 0.347. The standard InChI is InChI=1S/C14H21N/c1-9(2)11-4-6-12(7-5-11)14-8-13(14)10(3)15/h4-7,9-10,13-14H,8,15H2,1-3H3/t10-,13-,14-/m1/s1. The van der Waals surface area contributed by atoms with Gasteiger partial charge in [0.05, 0.1) is 0 Å². The highest BCUT2D eigenvalue weighted by Crippen LogP contribution is 2.48. The molecular weight excluding hydrogens is 182 g/mol. The second kappa shape index (κ2) is 3.97. The fourth-order valence-electron chi connectivity index (χ4n) is 2.31. The summed E-state index contributed by atoms with van der Waals surface area (Å²) in [4.78, 5) is 0. The van der Waals surface area contributed by atoms with Crippen LogP contribution in [0.1, 0.15) is 50.2 Å². The van der Waals surface area contributed by atoms with Gasteiger partial charge in [0.25, 0.3) is 0 Å². The van der Waals surface area contributed by atoms with Gasteiger partial charge < -0.3 is 5.73 Å². The van der Waals surface area contributed by atoms with Crippen molar-refractivity contribution in [2.75, 3.05) is 0 Å². The van der Waals surface area contributed by atoms with Crippen LogP contribution >= 0.6 is 0 Å². The maximum absolute atomic E-state index is 5.90. The molecule has 0 unspecified atom stereocenters. The molecule has 1 fully saturated rings. The lowest BCUT2D eigenvalue weighted by Crippen LogP contribution is -2.17. The SMILES string of the molecule is CC(C)c1ccc([C@H]2C[C@@H]2[C@@H](C)N)cc1. The van der Waals surface area contributed by atoms with Gasteiger partial charge in [-0.2, -0.15) is 0 Å². The topological polar surface area (TPSA) is 26.0 Å². The van der Waals surface area contributed by atoms with Crippen LogP contribution in [0.2, 0.25) is 0 Å². The largest absolute Gasteiger partial charge is 0.328 e. The molecule has 1 heteroatoms. The molecule has 3 atom stereocenters. The van der Waals surface area contributed by atoms with E-state index in [9.17, 15) is 0 Å². The average molecular weight is 203 g/mol. The summed E-state index contributed by atoms with van der Waals surface area (Å²) in [6, 6.07) is 9.43. The third kappa shape index (κ3) is 2.23. The smallest absolute Gasteiger partial charge is 0.00448 e. The molecule has 1 nitrogen and oxygen atoms in total. The molecule has 1 saturated carbocycles. The van der Waals surface area contributed by atoms with Gasteiger partial charge in [-0.3, -0.25) is 0 Å². The zero-order valence-electron chi connectivity index (χ0n) is 9.90. The van der Waals surface area contributed by atoms with Crippen LogP contribution in [-0.2, 0) is 0 Å². The predicted octanol–water partition coefficient (Wildman–Crippen LogP) is 3.26. The average Bonchev–Trinajstić information content (AvgIpc) is 2.97. The van der Waals surface area contributed by atoms with Gasteiger partial charge in [-0.1, -0.05) is 38.1 Å². The van der Waals surface area contributed by atoms with E-state index < -0.39 is 0 Å². The summed E-state index contributed by atoms with van der Waals surface area (Å²) in [6.45, 7) is 6.58. The molecule has 1 aromatic rings. The Bertz CT molecular complexity index is 324. The van der Waals surface area contributed by atoms with E-state index in [2.05, 4.69) is 45.0 Å². The lowest BCUT2D eigenvalue weighted by Gasteiger charge is -2.07. The van der Waals surface area contributed by atoms with Crippen molar-refractivity contribution in [3.05, 3.63) is 35.4 Å². The first kappa shape index (κ1) is 10.7. The van der Waals surface area contributed by atoms with Gasteiger partial charge in [0, 0.05) is 6.04 Å². The van der Waals surface area contributed by atoms with Crippen molar-refractivity contribution < 1.29 is 0 Å². The van der Waals surface area contributed by atoms with Crippen molar-refractivity contribution in [2.45, 2.75) is 45.1 Å². The van der Waals surface area contributed by atoms with Gasteiger partial charge in [0.15, 0.2) is 0 Å². The van der Waals surface area contributed by atoms with Crippen LogP contribution in [-0.4, -0.2) is 6.04 Å². The van der Waals surface area contributed by atoms with Gasteiger partial charge in [-0.05, 0) is 42.2 Å². The second-order valence-electron chi connectivity index (χ2n) is 5.19. The Balaban J connectivity index is 2.06. The molecule has 0 heterocycles. The molecule has 82 valence electrons. The van der Waals surface area contributed by atoms with Crippen molar-refractivity contribution in [1.29, 1.82) is 0 Å². The Labute approximate surface area is 92.7 Å². The fourth-order valence-corrected chi connectivity index (χ4v) is 2.31. The van der Waals surface area contributed by atoms with Crippen molar-refractivity contribution >= 4 is 0 Å². The van der Waals surface area contributed by atoms with E-state index in [4.69, 9.17) is 5.73 Å². The fraction of sp³-hybridized carbons (Fsp3) is 0.571. The summed E-state index contributed by atoms with van der Waals surface area (Å²) in [5.41, 5.74) is 8.80. The Morgan fingerprint density at radius 2 is 1.73 bits per heavy atom. The number of nitrogens with two attached hydrogens (primary N) is 1. The van der Waals surface area contributed by atoms with Crippen LogP contribution in [0.25, 0.3) is 0 Å². The molecule has 2 rings (SSSR count). The third-order valence-corrected chi connectivity index (χ3v) is 3.55. The first-order valence-corrected chi connectivity index (χ1v) is 5.95. The quantitative estimate of drug-likeness (QED) is 0.801. The van der Waals surface area contributed by atoms with Crippen molar-refractivity contribution in [1.82, 2.24) is 0 Å². The first-order valence-electron chi connectivity index (χ1n) is 5.95. The summed E-state index contributed by atoms with van der Waals surface area (Å²) in [5, 5.41) is 0. The summed E-state index contributed by atoms with van der Waals surface area (Å²) >= 11 is 0. The molecule has 0 saturated heterocycles. The molecule has 1 aliphatic rings. The molecule has 0 bridgehead atoms. The van der Waals surface area contributed by atoms with Crippen LogP contribution in [0.15, 0.2) is 24.3 Å². The van der Waals surface area contributed by atoms with Crippen LogP contribution in [0, 0.1) is 5.92 Å². The maximum atomic E-state index is 5.90. The van der Waals surface area contributed by atoms with Gasteiger partial charge in [-0.15, -0.1) is 0 Å². The zero-order valence-corrected chi connectivity index (χ0v) is 9.90. The number of hydrogen-bond donors (Lipinski definition) is 1. The van der Waals surface area contributed by atoms with Crippen LogP contribution in [0.4, 0.5) is 0 Å². The number of rotatable bonds is 3. The number of hydrogen-bond acceptors (Lipinski definition) is 1. The van der Waals surface area contributed by atoms with E-state index in [1.807, 2.05) is 0 Å². The molecule has 0 radical (unpaired) electrons. The second-order valence-corrected chi connectivity index (χ2v) is 5.19. The van der Waals surface area contributed by atoms with E-state index in [1.54, 1.807) is 0 Å². The highest BCUT2D eigenvalue weighted by molar-refractivity contribution is 5.31. The van der Waals surface area contributed by atoms with Gasteiger partial charge in [0.2, 0.25) is 0 Å². The highest BCUT2D eigenvalue weighted by atomic mass is 14.7. The maximum Gasteiger partial charge on any atom is 0.00448 e. The predicted molar refractivity (Wildman–Crippen MR) is 65.0 cm³/mol. The molecule has 15 heavy (non-hydrogen) atoms. The molecular formula is C14H21N. The molecule has 0 amide bonds. The van der Waals surface area contributed by atoms with E-state index >= 15 is 0 Å². The lowest BCUT2D eigenvalue weighted by atomic mass is 9.99. The summed E-state index contributed by atoms with van der Waals surface area (Å²) in [5.74, 6) is 2.07. The molecule has 0 aromatic heterocycles. The van der Waals surface area contributed by atoms with Crippen LogP contribution < -0.4 is 5.73 Å². The van der Waals surface area contributed by atoms with E-state index in [0.717, 1.165) is 11.8 Å². The molecule has 1 aromatic carbocycles. The van der Waals surface area contributed by atoms with Gasteiger partial charge in [0.1, 0.15) is 0 Å². The zero-order chi connectivity index (χ0) is 11.0. The molecule has 0 aliphatic heterocycles. The normalized spacial score (nSPS) is 26.7. The lowest BCUT2D eigenvalue weighted by molar-refractivity contribution is 0.631. The van der Waals surface area contributed by atoms with Crippen LogP contribution in [0.3, 0.4) is 0 Å². The molecule has 1 aliphatic carbocycles. The monoisotopic (exact) mass is 203 g/mol.